The van der Waals surface area contributed by atoms with Crippen LogP contribution in [0, 0.1) is 0 Å². The standard InChI is InChI=1S/C11H14O2/c12-6-2-3-8-7-10-9(8)4-1-5-11(10)13/h1,4-5,8,12-13H,2-3,6-7H2. The average molecular weight is 178 g/mol. The maximum Gasteiger partial charge on any atom is 0.119 e. The molecule has 0 spiro atoms. The molecule has 2 nitrogen and oxygen atoms in total. The number of phenols is 1. The van der Waals surface area contributed by atoms with Crippen molar-refractivity contribution in [1.82, 2.24) is 0 Å². The Hall–Kier alpha value is -1.02. The van der Waals surface area contributed by atoms with Crippen molar-refractivity contribution in [3.8, 4) is 5.75 Å². The fourth-order valence-electron chi connectivity index (χ4n) is 2.02. The molecule has 1 aromatic rings. The Labute approximate surface area is 77.8 Å². The molecular formula is C11H14O2. The Morgan fingerprint density at radius 3 is 3.00 bits per heavy atom. The summed E-state index contributed by atoms with van der Waals surface area (Å²) < 4.78 is 0. The van der Waals surface area contributed by atoms with Crippen LogP contribution in [0.2, 0.25) is 0 Å². The van der Waals surface area contributed by atoms with E-state index in [0.29, 0.717) is 11.7 Å². The molecule has 1 atom stereocenters. The van der Waals surface area contributed by atoms with Crippen molar-refractivity contribution in [3.63, 3.8) is 0 Å². The van der Waals surface area contributed by atoms with Crippen LogP contribution < -0.4 is 0 Å². The Morgan fingerprint density at radius 2 is 2.23 bits per heavy atom. The van der Waals surface area contributed by atoms with E-state index in [2.05, 4.69) is 6.07 Å². The van der Waals surface area contributed by atoms with E-state index in [-0.39, 0.29) is 6.61 Å². The van der Waals surface area contributed by atoms with Gasteiger partial charge < -0.3 is 10.2 Å². The summed E-state index contributed by atoms with van der Waals surface area (Å²) in [4.78, 5) is 0. The normalized spacial score (nSPS) is 19.3. The first kappa shape index (κ1) is 8.57. The molecule has 2 N–H and O–H groups in total. The third-order valence-corrected chi connectivity index (χ3v) is 2.79. The van der Waals surface area contributed by atoms with Gasteiger partial charge in [-0.25, -0.2) is 0 Å². The van der Waals surface area contributed by atoms with Gasteiger partial charge in [0.15, 0.2) is 0 Å². The third-order valence-electron chi connectivity index (χ3n) is 2.79. The number of rotatable bonds is 3. The molecule has 1 aromatic carbocycles. The highest BCUT2D eigenvalue weighted by Gasteiger charge is 2.27. The second kappa shape index (κ2) is 3.38. The maximum atomic E-state index is 9.45. The molecule has 1 aliphatic rings. The van der Waals surface area contributed by atoms with Crippen molar-refractivity contribution >= 4 is 0 Å². The molecule has 0 aliphatic heterocycles. The first-order chi connectivity index (χ1) is 6.33. The molecule has 0 bridgehead atoms. The zero-order valence-electron chi connectivity index (χ0n) is 7.53. The molecule has 1 aliphatic carbocycles. The number of hydrogen-bond acceptors (Lipinski definition) is 2. The number of aromatic hydroxyl groups is 1. The number of benzene rings is 1. The van der Waals surface area contributed by atoms with Crippen molar-refractivity contribution < 1.29 is 10.2 Å². The van der Waals surface area contributed by atoms with E-state index in [1.807, 2.05) is 6.07 Å². The number of phenolic OH excluding ortho intramolecular Hbond substituents is 1. The highest BCUT2D eigenvalue weighted by atomic mass is 16.3. The summed E-state index contributed by atoms with van der Waals surface area (Å²) in [5.41, 5.74) is 2.37. The second-order valence-electron chi connectivity index (χ2n) is 3.61. The number of fused-ring (bicyclic) bond motifs is 1. The lowest BCUT2D eigenvalue weighted by atomic mass is 9.75. The van der Waals surface area contributed by atoms with Crippen molar-refractivity contribution in [2.45, 2.75) is 25.2 Å². The molecule has 0 fully saturated rings. The van der Waals surface area contributed by atoms with Gasteiger partial charge in [-0.3, -0.25) is 0 Å². The van der Waals surface area contributed by atoms with E-state index >= 15 is 0 Å². The molecule has 0 saturated heterocycles. The molecule has 0 amide bonds. The molecule has 1 unspecified atom stereocenters. The van der Waals surface area contributed by atoms with Crippen molar-refractivity contribution in [3.05, 3.63) is 29.3 Å². The fraction of sp³-hybridized carbons (Fsp3) is 0.455. The first-order valence-corrected chi connectivity index (χ1v) is 4.74. The Balaban J connectivity index is 2.08. The predicted molar refractivity (Wildman–Crippen MR) is 50.9 cm³/mol. The van der Waals surface area contributed by atoms with Crippen molar-refractivity contribution in [2.75, 3.05) is 6.61 Å². The van der Waals surface area contributed by atoms with Crippen LogP contribution in [0.25, 0.3) is 0 Å². The first-order valence-electron chi connectivity index (χ1n) is 4.74. The largest absolute Gasteiger partial charge is 0.508 e. The fourth-order valence-corrected chi connectivity index (χ4v) is 2.02. The molecule has 0 saturated carbocycles. The number of hydrogen-bond donors (Lipinski definition) is 2. The topological polar surface area (TPSA) is 40.5 Å². The Bertz CT molecular complexity index is 307. The molecule has 0 radical (unpaired) electrons. The molecule has 70 valence electrons. The van der Waals surface area contributed by atoms with Gasteiger partial charge in [0.2, 0.25) is 0 Å². The molecule has 0 heterocycles. The third kappa shape index (κ3) is 1.42. The van der Waals surface area contributed by atoms with Crippen LogP contribution in [-0.2, 0) is 6.42 Å². The van der Waals surface area contributed by atoms with E-state index in [0.717, 1.165) is 24.8 Å². The van der Waals surface area contributed by atoms with E-state index < -0.39 is 0 Å². The molecule has 13 heavy (non-hydrogen) atoms. The van der Waals surface area contributed by atoms with Crippen LogP contribution in [0.15, 0.2) is 18.2 Å². The highest BCUT2D eigenvalue weighted by Crippen LogP contribution is 2.42. The van der Waals surface area contributed by atoms with E-state index in [9.17, 15) is 5.11 Å². The van der Waals surface area contributed by atoms with Crippen LogP contribution in [0.3, 0.4) is 0 Å². The van der Waals surface area contributed by atoms with Crippen LogP contribution >= 0.6 is 0 Å². The summed E-state index contributed by atoms with van der Waals surface area (Å²) in [6.45, 7) is 0.269. The SMILES string of the molecule is OCCCC1Cc2c(O)cccc21. The Morgan fingerprint density at radius 1 is 1.38 bits per heavy atom. The van der Waals surface area contributed by atoms with Gasteiger partial charge in [0, 0.05) is 6.61 Å². The minimum absolute atomic E-state index is 0.269. The number of aliphatic hydroxyl groups excluding tert-OH is 1. The molecule has 2 heteroatoms. The maximum absolute atomic E-state index is 9.45. The van der Waals surface area contributed by atoms with E-state index in [4.69, 9.17) is 5.11 Å². The van der Waals surface area contributed by atoms with Gasteiger partial charge in [-0.15, -0.1) is 0 Å². The van der Waals surface area contributed by atoms with Gasteiger partial charge in [-0.2, -0.15) is 0 Å². The van der Waals surface area contributed by atoms with Crippen molar-refractivity contribution in [2.24, 2.45) is 0 Å². The summed E-state index contributed by atoms with van der Waals surface area (Å²) in [7, 11) is 0. The minimum atomic E-state index is 0.269. The zero-order valence-corrected chi connectivity index (χ0v) is 7.53. The van der Waals surface area contributed by atoms with Crippen molar-refractivity contribution in [1.29, 1.82) is 0 Å². The molecule has 0 aromatic heterocycles. The smallest absolute Gasteiger partial charge is 0.119 e. The Kier molecular flexibility index (Phi) is 2.23. The second-order valence-corrected chi connectivity index (χ2v) is 3.61. The summed E-state index contributed by atoms with van der Waals surface area (Å²) in [6.07, 6.45) is 2.87. The summed E-state index contributed by atoms with van der Waals surface area (Å²) in [6, 6.07) is 5.70. The monoisotopic (exact) mass is 178 g/mol. The summed E-state index contributed by atoms with van der Waals surface area (Å²) in [5, 5.41) is 18.1. The van der Waals surface area contributed by atoms with E-state index in [1.54, 1.807) is 6.07 Å². The van der Waals surface area contributed by atoms with Crippen LogP contribution in [0.5, 0.6) is 5.75 Å². The van der Waals surface area contributed by atoms with Gasteiger partial charge in [0.05, 0.1) is 0 Å². The highest BCUT2D eigenvalue weighted by molar-refractivity contribution is 5.48. The lowest BCUT2D eigenvalue weighted by molar-refractivity contribution is 0.276. The van der Waals surface area contributed by atoms with Crippen LogP contribution in [0.1, 0.15) is 29.9 Å². The summed E-state index contributed by atoms with van der Waals surface area (Å²) >= 11 is 0. The summed E-state index contributed by atoms with van der Waals surface area (Å²) in [5.74, 6) is 0.993. The van der Waals surface area contributed by atoms with Gasteiger partial charge >= 0.3 is 0 Å². The van der Waals surface area contributed by atoms with Crippen LogP contribution in [0.4, 0.5) is 0 Å². The lowest BCUT2D eigenvalue weighted by Gasteiger charge is -2.30. The van der Waals surface area contributed by atoms with Gasteiger partial charge in [0.25, 0.3) is 0 Å². The van der Waals surface area contributed by atoms with E-state index in [1.165, 1.54) is 5.56 Å². The van der Waals surface area contributed by atoms with Crippen LogP contribution in [-0.4, -0.2) is 16.8 Å². The molecular weight excluding hydrogens is 164 g/mol. The minimum Gasteiger partial charge on any atom is -0.508 e. The average Bonchev–Trinajstić information content (AvgIpc) is 2.09. The van der Waals surface area contributed by atoms with Gasteiger partial charge in [-0.05, 0) is 42.4 Å². The van der Waals surface area contributed by atoms with Gasteiger partial charge in [0.1, 0.15) is 5.75 Å². The zero-order chi connectivity index (χ0) is 9.26. The lowest BCUT2D eigenvalue weighted by Crippen LogP contribution is -2.17. The molecule has 2 rings (SSSR count). The number of aliphatic hydroxyl groups is 1. The predicted octanol–water partition coefficient (Wildman–Crippen LogP) is 1.80. The quantitative estimate of drug-likeness (QED) is 0.741. The van der Waals surface area contributed by atoms with Gasteiger partial charge in [-0.1, -0.05) is 12.1 Å².